The first kappa shape index (κ1) is 20.5. The number of likely N-dealkylation sites (tertiary alicyclic amines) is 1. The molecule has 1 aromatic carbocycles. The second kappa shape index (κ2) is 9.84. The molecule has 0 spiro atoms. The van der Waals surface area contributed by atoms with E-state index in [1.165, 1.54) is 0 Å². The lowest BCUT2D eigenvalue weighted by Crippen LogP contribution is -2.49. The summed E-state index contributed by atoms with van der Waals surface area (Å²) in [6, 6.07) is 7.71. The molecule has 2 N–H and O–H groups in total. The monoisotopic (exact) mass is 410 g/mol. The SMILES string of the molecule is CN=C(NCc1cnn(-c2ccc(Cl)cc2)c1)NC1CCN(CC(F)F)CC1. The molecule has 28 heavy (non-hydrogen) atoms. The summed E-state index contributed by atoms with van der Waals surface area (Å²) < 4.78 is 26.7. The number of rotatable bonds is 6. The summed E-state index contributed by atoms with van der Waals surface area (Å²) in [4.78, 5) is 6.07. The van der Waals surface area contributed by atoms with Gasteiger partial charge in [0.25, 0.3) is 6.43 Å². The van der Waals surface area contributed by atoms with E-state index in [4.69, 9.17) is 11.6 Å². The van der Waals surface area contributed by atoms with Gasteiger partial charge in [0.2, 0.25) is 0 Å². The minimum atomic E-state index is -2.27. The van der Waals surface area contributed by atoms with Crippen molar-refractivity contribution in [3.63, 3.8) is 0 Å². The predicted octanol–water partition coefficient (Wildman–Crippen LogP) is 2.92. The minimum Gasteiger partial charge on any atom is -0.354 e. The number of aromatic nitrogens is 2. The van der Waals surface area contributed by atoms with Gasteiger partial charge in [-0.1, -0.05) is 11.6 Å². The van der Waals surface area contributed by atoms with Gasteiger partial charge in [0, 0.05) is 49.5 Å². The number of alkyl halides is 2. The van der Waals surface area contributed by atoms with E-state index in [0.29, 0.717) is 30.6 Å². The summed E-state index contributed by atoms with van der Waals surface area (Å²) in [6.45, 7) is 1.79. The largest absolute Gasteiger partial charge is 0.354 e. The highest BCUT2D eigenvalue weighted by atomic mass is 35.5. The van der Waals surface area contributed by atoms with Gasteiger partial charge in [-0.15, -0.1) is 0 Å². The smallest absolute Gasteiger partial charge is 0.251 e. The molecule has 0 radical (unpaired) electrons. The highest BCUT2D eigenvalue weighted by molar-refractivity contribution is 6.30. The molecule has 1 aliphatic heterocycles. The zero-order valence-electron chi connectivity index (χ0n) is 15.8. The Kier molecular flexibility index (Phi) is 7.22. The Labute approximate surface area is 168 Å². The van der Waals surface area contributed by atoms with Gasteiger partial charge in [0.15, 0.2) is 5.96 Å². The molecule has 1 fully saturated rings. The molecule has 0 saturated carbocycles. The number of hydrogen-bond acceptors (Lipinski definition) is 3. The predicted molar refractivity (Wildman–Crippen MR) is 107 cm³/mol. The zero-order chi connectivity index (χ0) is 19.9. The summed E-state index contributed by atoms with van der Waals surface area (Å²) in [5.41, 5.74) is 1.96. The number of guanidine groups is 1. The fourth-order valence-corrected chi connectivity index (χ4v) is 3.34. The van der Waals surface area contributed by atoms with Crippen LogP contribution in [0.2, 0.25) is 5.02 Å². The van der Waals surface area contributed by atoms with Crippen LogP contribution >= 0.6 is 11.6 Å². The molecular weight excluding hydrogens is 386 g/mol. The second-order valence-corrected chi connectivity index (χ2v) is 7.24. The maximum atomic E-state index is 12.5. The molecule has 2 heterocycles. The Morgan fingerprint density at radius 2 is 2.00 bits per heavy atom. The van der Waals surface area contributed by atoms with E-state index in [9.17, 15) is 8.78 Å². The van der Waals surface area contributed by atoms with E-state index in [1.807, 2.05) is 35.4 Å². The molecule has 2 aromatic rings. The average Bonchev–Trinajstić information content (AvgIpc) is 3.15. The Morgan fingerprint density at radius 1 is 1.29 bits per heavy atom. The van der Waals surface area contributed by atoms with Crippen LogP contribution in [0.25, 0.3) is 5.69 Å². The van der Waals surface area contributed by atoms with Crippen LogP contribution in [0.15, 0.2) is 41.7 Å². The summed E-state index contributed by atoms with van der Waals surface area (Å²) in [6.07, 6.45) is 3.13. The van der Waals surface area contributed by atoms with Gasteiger partial charge in [-0.05, 0) is 37.1 Å². The molecule has 0 bridgehead atoms. The highest BCUT2D eigenvalue weighted by Gasteiger charge is 2.21. The third-order valence-corrected chi connectivity index (χ3v) is 4.99. The highest BCUT2D eigenvalue weighted by Crippen LogP contribution is 2.14. The number of halogens is 3. The summed E-state index contributed by atoms with van der Waals surface area (Å²) in [5.74, 6) is 0.701. The first-order valence-electron chi connectivity index (χ1n) is 9.30. The molecule has 0 aliphatic carbocycles. The van der Waals surface area contributed by atoms with Crippen LogP contribution in [-0.2, 0) is 6.54 Å². The Bertz CT molecular complexity index is 769. The first-order chi connectivity index (χ1) is 13.5. The lowest BCUT2D eigenvalue weighted by Gasteiger charge is -2.32. The van der Waals surface area contributed by atoms with Gasteiger partial charge in [0.05, 0.1) is 18.4 Å². The molecule has 0 atom stereocenters. The van der Waals surface area contributed by atoms with Crippen LogP contribution in [0, 0.1) is 0 Å². The van der Waals surface area contributed by atoms with E-state index < -0.39 is 6.43 Å². The van der Waals surface area contributed by atoms with Gasteiger partial charge in [-0.3, -0.25) is 9.89 Å². The van der Waals surface area contributed by atoms with Crippen molar-refractivity contribution in [2.45, 2.75) is 31.9 Å². The molecule has 0 unspecified atom stereocenters. The molecule has 1 aromatic heterocycles. The van der Waals surface area contributed by atoms with Crippen molar-refractivity contribution in [2.75, 3.05) is 26.7 Å². The molecule has 1 saturated heterocycles. The number of aliphatic imine (C=N–C) groups is 1. The number of hydrogen-bond donors (Lipinski definition) is 2. The molecule has 9 heteroatoms. The number of benzene rings is 1. The van der Waals surface area contributed by atoms with E-state index in [0.717, 1.165) is 24.1 Å². The topological polar surface area (TPSA) is 57.5 Å². The van der Waals surface area contributed by atoms with Gasteiger partial charge in [-0.25, -0.2) is 13.5 Å². The Balaban J connectivity index is 1.47. The van der Waals surface area contributed by atoms with Gasteiger partial charge < -0.3 is 10.6 Å². The van der Waals surface area contributed by atoms with Gasteiger partial charge in [-0.2, -0.15) is 5.10 Å². The Morgan fingerprint density at radius 3 is 2.64 bits per heavy atom. The standard InChI is InChI=1S/C19H25ClF2N6/c1-23-19(26-16-6-8-27(9-7-16)13-18(21)22)24-10-14-11-25-28(12-14)17-4-2-15(20)3-5-17/h2-5,11-12,16,18H,6-10,13H2,1H3,(H2,23,24,26). The molecule has 6 nitrogen and oxygen atoms in total. The van der Waals surface area contributed by atoms with Crippen molar-refractivity contribution in [2.24, 2.45) is 4.99 Å². The normalized spacial score (nSPS) is 16.5. The van der Waals surface area contributed by atoms with Crippen LogP contribution in [0.4, 0.5) is 8.78 Å². The average molecular weight is 411 g/mol. The fourth-order valence-electron chi connectivity index (χ4n) is 3.22. The van der Waals surface area contributed by atoms with Crippen molar-refractivity contribution < 1.29 is 8.78 Å². The third-order valence-electron chi connectivity index (χ3n) is 4.74. The lowest BCUT2D eigenvalue weighted by atomic mass is 10.1. The Hall–Kier alpha value is -2.19. The van der Waals surface area contributed by atoms with Gasteiger partial charge >= 0.3 is 0 Å². The van der Waals surface area contributed by atoms with E-state index in [-0.39, 0.29) is 12.6 Å². The summed E-state index contributed by atoms with van der Waals surface area (Å²) >= 11 is 5.92. The van der Waals surface area contributed by atoms with E-state index >= 15 is 0 Å². The van der Waals surface area contributed by atoms with Crippen molar-refractivity contribution in [3.8, 4) is 5.69 Å². The van der Waals surface area contributed by atoms with E-state index in [2.05, 4.69) is 20.7 Å². The third kappa shape index (κ3) is 5.90. The second-order valence-electron chi connectivity index (χ2n) is 6.81. The quantitative estimate of drug-likeness (QED) is 0.568. The molecule has 0 amide bonds. The summed E-state index contributed by atoms with van der Waals surface area (Å²) in [5, 5.41) is 11.7. The molecule has 3 rings (SSSR count). The van der Waals surface area contributed by atoms with E-state index in [1.54, 1.807) is 17.9 Å². The molecule has 152 valence electrons. The number of nitrogens with one attached hydrogen (secondary N) is 2. The summed E-state index contributed by atoms with van der Waals surface area (Å²) in [7, 11) is 1.72. The van der Waals surface area contributed by atoms with Crippen LogP contribution in [0.3, 0.4) is 0 Å². The van der Waals surface area contributed by atoms with Crippen molar-refractivity contribution in [3.05, 3.63) is 47.2 Å². The maximum absolute atomic E-state index is 12.5. The lowest BCUT2D eigenvalue weighted by molar-refractivity contribution is 0.0744. The molecule has 1 aliphatic rings. The van der Waals surface area contributed by atoms with Gasteiger partial charge in [0.1, 0.15) is 0 Å². The minimum absolute atomic E-state index is 0.142. The number of nitrogens with zero attached hydrogens (tertiary/aromatic N) is 4. The van der Waals surface area contributed by atoms with Crippen LogP contribution < -0.4 is 10.6 Å². The van der Waals surface area contributed by atoms with Crippen molar-refractivity contribution in [1.29, 1.82) is 0 Å². The first-order valence-corrected chi connectivity index (χ1v) is 9.68. The van der Waals surface area contributed by atoms with Crippen molar-refractivity contribution in [1.82, 2.24) is 25.3 Å². The maximum Gasteiger partial charge on any atom is 0.251 e. The number of piperidine rings is 1. The molecular formula is C19H25ClF2N6. The van der Waals surface area contributed by atoms with Crippen LogP contribution in [-0.4, -0.2) is 59.8 Å². The van der Waals surface area contributed by atoms with Crippen LogP contribution in [0.5, 0.6) is 0 Å². The fraction of sp³-hybridized carbons (Fsp3) is 0.474. The zero-order valence-corrected chi connectivity index (χ0v) is 16.5. The van der Waals surface area contributed by atoms with Crippen molar-refractivity contribution >= 4 is 17.6 Å². The van der Waals surface area contributed by atoms with Crippen LogP contribution in [0.1, 0.15) is 18.4 Å².